The van der Waals surface area contributed by atoms with Gasteiger partial charge in [0.15, 0.2) is 0 Å². The summed E-state index contributed by atoms with van der Waals surface area (Å²) < 4.78 is 14.4. The Kier molecular flexibility index (Phi) is 6.39. The van der Waals surface area contributed by atoms with Crippen LogP contribution in [0, 0.1) is 5.82 Å². The molecule has 3 aromatic rings. The molecule has 1 heterocycles. The lowest BCUT2D eigenvalue weighted by Gasteiger charge is -2.13. The van der Waals surface area contributed by atoms with Gasteiger partial charge in [0, 0.05) is 50.1 Å². The lowest BCUT2D eigenvalue weighted by Crippen LogP contribution is -2.23. The molecule has 0 aliphatic heterocycles. The second-order valence-electron chi connectivity index (χ2n) is 6.88. The molecular formula is C22H23FN4O2. The van der Waals surface area contributed by atoms with Crippen molar-refractivity contribution in [2.24, 2.45) is 0 Å². The summed E-state index contributed by atoms with van der Waals surface area (Å²) in [5, 5.41) is 7.18. The third kappa shape index (κ3) is 5.51. The zero-order valence-electron chi connectivity index (χ0n) is 16.4. The van der Waals surface area contributed by atoms with Gasteiger partial charge < -0.3 is 10.2 Å². The van der Waals surface area contributed by atoms with Crippen molar-refractivity contribution < 1.29 is 9.18 Å². The molecule has 29 heavy (non-hydrogen) atoms. The number of rotatable bonds is 7. The van der Waals surface area contributed by atoms with Gasteiger partial charge in [0.05, 0.1) is 5.69 Å². The molecule has 0 saturated heterocycles. The highest BCUT2D eigenvalue weighted by atomic mass is 19.1. The maximum Gasteiger partial charge on any atom is 0.266 e. The monoisotopic (exact) mass is 394 g/mol. The van der Waals surface area contributed by atoms with Gasteiger partial charge in [-0.25, -0.2) is 9.07 Å². The minimum absolute atomic E-state index is 0.120. The van der Waals surface area contributed by atoms with Crippen molar-refractivity contribution in [2.75, 3.05) is 24.3 Å². The van der Waals surface area contributed by atoms with E-state index < -0.39 is 0 Å². The van der Waals surface area contributed by atoms with Crippen molar-refractivity contribution in [3.8, 4) is 11.3 Å². The fraction of sp³-hybridized carbons (Fsp3) is 0.227. The van der Waals surface area contributed by atoms with Crippen molar-refractivity contribution in [1.82, 2.24) is 9.78 Å². The van der Waals surface area contributed by atoms with Crippen LogP contribution in [0.3, 0.4) is 0 Å². The summed E-state index contributed by atoms with van der Waals surface area (Å²) in [5.41, 5.74) is 2.84. The second kappa shape index (κ2) is 9.14. The number of aryl methyl sites for hydroxylation is 1. The summed E-state index contributed by atoms with van der Waals surface area (Å²) >= 11 is 0. The third-order valence-corrected chi connectivity index (χ3v) is 4.45. The highest BCUT2D eigenvalue weighted by Crippen LogP contribution is 2.17. The summed E-state index contributed by atoms with van der Waals surface area (Å²) in [6.45, 7) is 0.320. The summed E-state index contributed by atoms with van der Waals surface area (Å²) in [7, 11) is 3.91. The molecule has 0 fully saturated rings. The fourth-order valence-corrected chi connectivity index (χ4v) is 2.84. The molecule has 0 unspecified atom stereocenters. The molecule has 0 aliphatic carbocycles. The van der Waals surface area contributed by atoms with Crippen molar-refractivity contribution in [1.29, 1.82) is 0 Å². The van der Waals surface area contributed by atoms with E-state index in [-0.39, 0.29) is 23.7 Å². The van der Waals surface area contributed by atoms with Crippen LogP contribution in [0.25, 0.3) is 11.3 Å². The Labute approximate surface area is 168 Å². The van der Waals surface area contributed by atoms with Crippen LogP contribution in [0.15, 0.2) is 65.5 Å². The zero-order valence-corrected chi connectivity index (χ0v) is 16.4. The van der Waals surface area contributed by atoms with Crippen LogP contribution in [0.4, 0.5) is 15.8 Å². The number of hydrogen-bond acceptors (Lipinski definition) is 4. The Morgan fingerprint density at radius 3 is 2.38 bits per heavy atom. The van der Waals surface area contributed by atoms with Gasteiger partial charge >= 0.3 is 0 Å². The Balaban J connectivity index is 1.57. The van der Waals surface area contributed by atoms with E-state index in [4.69, 9.17) is 0 Å². The van der Waals surface area contributed by atoms with Crippen LogP contribution in [-0.2, 0) is 11.3 Å². The first kappa shape index (κ1) is 20.3. The Bertz CT molecular complexity index is 1030. The maximum atomic E-state index is 13.1. The third-order valence-electron chi connectivity index (χ3n) is 4.45. The average Bonchev–Trinajstić information content (AvgIpc) is 2.70. The Hall–Kier alpha value is -3.48. The van der Waals surface area contributed by atoms with Crippen molar-refractivity contribution in [2.45, 2.75) is 19.4 Å². The lowest BCUT2D eigenvalue weighted by molar-refractivity contribution is -0.116. The molecule has 0 atom stereocenters. The number of hydrogen-bond donors (Lipinski definition) is 1. The van der Waals surface area contributed by atoms with Crippen molar-refractivity contribution in [3.63, 3.8) is 0 Å². The van der Waals surface area contributed by atoms with Crippen molar-refractivity contribution >= 4 is 17.3 Å². The van der Waals surface area contributed by atoms with E-state index in [1.54, 1.807) is 18.2 Å². The van der Waals surface area contributed by atoms with E-state index in [0.717, 1.165) is 16.9 Å². The summed E-state index contributed by atoms with van der Waals surface area (Å²) in [5.74, 6) is -0.449. The molecule has 1 N–H and O–H groups in total. The SMILES string of the molecule is CN(C)c1ccc(NC(=O)CCCn2nc(-c3ccc(F)cc3)ccc2=O)cc1. The molecule has 150 valence electrons. The van der Waals surface area contributed by atoms with E-state index in [1.807, 2.05) is 43.3 Å². The van der Waals surface area contributed by atoms with Gasteiger partial charge in [0.25, 0.3) is 5.56 Å². The molecule has 3 rings (SSSR count). The van der Waals surface area contributed by atoms with Crippen LogP contribution < -0.4 is 15.8 Å². The summed E-state index contributed by atoms with van der Waals surface area (Å²) in [4.78, 5) is 26.2. The Morgan fingerprint density at radius 1 is 1.03 bits per heavy atom. The number of nitrogens with zero attached hydrogens (tertiary/aromatic N) is 3. The molecule has 6 nitrogen and oxygen atoms in total. The summed E-state index contributed by atoms with van der Waals surface area (Å²) in [6, 6.07) is 16.5. The molecule has 7 heteroatoms. The number of amides is 1. The predicted molar refractivity (Wildman–Crippen MR) is 113 cm³/mol. The largest absolute Gasteiger partial charge is 0.378 e. The van der Waals surface area contributed by atoms with E-state index in [2.05, 4.69) is 10.4 Å². The number of aromatic nitrogens is 2. The van der Waals surface area contributed by atoms with Gasteiger partial charge in [-0.1, -0.05) is 0 Å². The topological polar surface area (TPSA) is 67.2 Å². The number of halogens is 1. The van der Waals surface area contributed by atoms with Crippen LogP contribution in [0.5, 0.6) is 0 Å². The van der Waals surface area contributed by atoms with E-state index in [0.29, 0.717) is 18.7 Å². The fourth-order valence-electron chi connectivity index (χ4n) is 2.84. The lowest BCUT2D eigenvalue weighted by atomic mass is 10.1. The molecule has 2 aromatic carbocycles. The van der Waals surface area contributed by atoms with Crippen LogP contribution in [0.2, 0.25) is 0 Å². The predicted octanol–water partition coefficient (Wildman–Crippen LogP) is 3.53. The molecule has 0 saturated carbocycles. The molecule has 0 bridgehead atoms. The molecular weight excluding hydrogens is 371 g/mol. The Morgan fingerprint density at radius 2 is 1.72 bits per heavy atom. The average molecular weight is 394 g/mol. The van der Waals surface area contributed by atoms with E-state index in [9.17, 15) is 14.0 Å². The van der Waals surface area contributed by atoms with Gasteiger partial charge in [-0.05, 0) is 61.0 Å². The smallest absolute Gasteiger partial charge is 0.266 e. The van der Waals surface area contributed by atoms with Crippen LogP contribution in [-0.4, -0.2) is 29.8 Å². The highest BCUT2D eigenvalue weighted by molar-refractivity contribution is 5.90. The first-order valence-corrected chi connectivity index (χ1v) is 9.34. The highest BCUT2D eigenvalue weighted by Gasteiger charge is 2.07. The standard InChI is InChI=1S/C22H23FN4O2/c1-26(2)19-11-9-18(10-12-19)24-21(28)4-3-15-27-22(29)14-13-20(25-27)16-5-7-17(23)8-6-16/h5-14H,3-4,15H2,1-2H3,(H,24,28). The molecule has 1 aromatic heterocycles. The maximum absolute atomic E-state index is 13.1. The van der Waals surface area contributed by atoms with E-state index in [1.165, 1.54) is 22.9 Å². The number of nitrogens with one attached hydrogen (secondary N) is 1. The van der Waals surface area contributed by atoms with Gasteiger partial charge in [-0.3, -0.25) is 9.59 Å². The second-order valence-corrected chi connectivity index (χ2v) is 6.88. The van der Waals surface area contributed by atoms with Gasteiger partial charge in [-0.2, -0.15) is 5.10 Å². The number of benzene rings is 2. The van der Waals surface area contributed by atoms with E-state index >= 15 is 0 Å². The number of carbonyl (C=O) groups is 1. The van der Waals surface area contributed by atoms with Crippen LogP contribution in [0.1, 0.15) is 12.8 Å². The quantitative estimate of drug-likeness (QED) is 0.666. The normalized spacial score (nSPS) is 10.6. The first-order chi connectivity index (χ1) is 13.9. The minimum Gasteiger partial charge on any atom is -0.378 e. The molecule has 0 aliphatic rings. The number of anilines is 2. The molecule has 0 radical (unpaired) electrons. The van der Waals surface area contributed by atoms with Gasteiger partial charge in [-0.15, -0.1) is 0 Å². The van der Waals surface area contributed by atoms with Crippen molar-refractivity contribution in [3.05, 3.63) is 76.8 Å². The van der Waals surface area contributed by atoms with Gasteiger partial charge in [0.1, 0.15) is 5.82 Å². The zero-order chi connectivity index (χ0) is 20.8. The van der Waals surface area contributed by atoms with Crippen LogP contribution >= 0.6 is 0 Å². The number of carbonyl (C=O) groups excluding carboxylic acids is 1. The van der Waals surface area contributed by atoms with Gasteiger partial charge in [0.2, 0.25) is 5.91 Å². The summed E-state index contributed by atoms with van der Waals surface area (Å²) in [6.07, 6.45) is 0.742. The molecule has 1 amide bonds. The first-order valence-electron chi connectivity index (χ1n) is 9.34. The minimum atomic E-state index is -0.329. The molecule has 0 spiro atoms.